The average Bonchev–Trinajstić information content (AvgIpc) is 3.05. The Bertz CT molecular complexity index is 803. The summed E-state index contributed by atoms with van der Waals surface area (Å²) < 4.78 is 1.92. The summed E-state index contributed by atoms with van der Waals surface area (Å²) in [6.07, 6.45) is 0.422. The van der Waals surface area contributed by atoms with Crippen molar-refractivity contribution < 1.29 is 4.79 Å². The van der Waals surface area contributed by atoms with Crippen molar-refractivity contribution in [1.29, 1.82) is 0 Å². The second-order valence-corrected chi connectivity index (χ2v) is 6.91. The van der Waals surface area contributed by atoms with Crippen molar-refractivity contribution in [3.05, 3.63) is 47.5 Å². The molecule has 0 saturated carbocycles. The van der Waals surface area contributed by atoms with Crippen molar-refractivity contribution >= 4 is 35.8 Å². The van der Waals surface area contributed by atoms with Crippen LogP contribution in [0.15, 0.2) is 35.3 Å². The van der Waals surface area contributed by atoms with Gasteiger partial charge in [-0.3, -0.25) is 4.79 Å². The molecule has 2 rings (SSSR count). The van der Waals surface area contributed by atoms with E-state index in [1.807, 2.05) is 55.5 Å². The molecule has 2 aromatic rings. The first-order valence-electron chi connectivity index (χ1n) is 10.2. The highest BCUT2D eigenvalue weighted by Gasteiger charge is 2.12. The lowest BCUT2D eigenvalue weighted by Crippen LogP contribution is -2.41. The maximum Gasteiger partial charge on any atom is 0.224 e. The van der Waals surface area contributed by atoms with Crippen molar-refractivity contribution in [2.75, 3.05) is 19.6 Å². The molecule has 1 aromatic carbocycles. The van der Waals surface area contributed by atoms with E-state index in [2.05, 4.69) is 44.9 Å². The number of nitrogens with zero attached hydrogens (tertiary/aromatic N) is 5. The maximum atomic E-state index is 12.3. The summed E-state index contributed by atoms with van der Waals surface area (Å²) in [7, 11) is 1.93. The highest BCUT2D eigenvalue weighted by molar-refractivity contribution is 14.0. The molecule has 0 fully saturated rings. The highest BCUT2D eigenvalue weighted by atomic mass is 127. The van der Waals surface area contributed by atoms with Crippen LogP contribution in [0.2, 0.25) is 0 Å². The van der Waals surface area contributed by atoms with Gasteiger partial charge in [-0.1, -0.05) is 30.3 Å². The number of amides is 1. The summed E-state index contributed by atoms with van der Waals surface area (Å²) in [5.41, 5.74) is 1.16. The van der Waals surface area contributed by atoms with Crippen LogP contribution in [-0.2, 0) is 18.4 Å². The zero-order chi connectivity index (χ0) is 21.2. The third kappa shape index (κ3) is 7.58. The van der Waals surface area contributed by atoms with Crippen LogP contribution in [0.4, 0.5) is 0 Å². The van der Waals surface area contributed by atoms with E-state index in [1.165, 1.54) is 0 Å². The molecule has 1 heterocycles. The first-order chi connectivity index (χ1) is 14.0. The minimum absolute atomic E-state index is 0. The Morgan fingerprint density at radius 3 is 2.43 bits per heavy atom. The zero-order valence-electron chi connectivity index (χ0n) is 18.6. The SMILES string of the molecule is CCN(CC)C(=O)CCNC(=NCc1nnc(C)n1C)NC(C)c1ccccc1.I. The van der Waals surface area contributed by atoms with E-state index >= 15 is 0 Å². The maximum absolute atomic E-state index is 12.3. The summed E-state index contributed by atoms with van der Waals surface area (Å²) in [4.78, 5) is 18.8. The lowest BCUT2D eigenvalue weighted by Gasteiger charge is -2.21. The lowest BCUT2D eigenvalue weighted by atomic mass is 10.1. The number of nitrogens with one attached hydrogen (secondary N) is 2. The van der Waals surface area contributed by atoms with Gasteiger partial charge in [0.25, 0.3) is 0 Å². The Kier molecular flexibility index (Phi) is 11.4. The lowest BCUT2D eigenvalue weighted by molar-refractivity contribution is -0.130. The Balaban J connectivity index is 0.00000450. The molecule has 30 heavy (non-hydrogen) atoms. The molecule has 0 aliphatic rings. The summed E-state index contributed by atoms with van der Waals surface area (Å²) in [5, 5.41) is 14.9. The van der Waals surface area contributed by atoms with Crippen molar-refractivity contribution in [3.8, 4) is 0 Å². The summed E-state index contributed by atoms with van der Waals surface area (Å²) >= 11 is 0. The third-order valence-corrected chi connectivity index (χ3v) is 4.96. The Morgan fingerprint density at radius 2 is 1.87 bits per heavy atom. The Hall–Kier alpha value is -2.17. The number of carbonyl (C=O) groups excluding carboxylic acids is 1. The number of aliphatic imine (C=N–C) groups is 1. The zero-order valence-corrected chi connectivity index (χ0v) is 20.9. The Morgan fingerprint density at radius 1 is 1.20 bits per heavy atom. The molecule has 0 aliphatic carbocycles. The van der Waals surface area contributed by atoms with Gasteiger partial charge in [0.05, 0.1) is 6.04 Å². The number of benzene rings is 1. The molecule has 166 valence electrons. The van der Waals surface area contributed by atoms with Gasteiger partial charge in [-0.05, 0) is 33.3 Å². The molecule has 1 unspecified atom stereocenters. The molecule has 1 atom stereocenters. The van der Waals surface area contributed by atoms with Crippen LogP contribution in [-0.4, -0.2) is 51.2 Å². The number of hydrogen-bond donors (Lipinski definition) is 2. The van der Waals surface area contributed by atoms with E-state index < -0.39 is 0 Å². The van der Waals surface area contributed by atoms with Gasteiger partial charge in [0.1, 0.15) is 12.4 Å². The van der Waals surface area contributed by atoms with Gasteiger partial charge in [0, 0.05) is 33.1 Å². The van der Waals surface area contributed by atoms with Crippen molar-refractivity contribution in [3.63, 3.8) is 0 Å². The molecule has 0 bridgehead atoms. The fraction of sp³-hybridized carbons (Fsp3) is 0.524. The van der Waals surface area contributed by atoms with Crippen molar-refractivity contribution in [2.45, 2.75) is 46.7 Å². The number of aromatic nitrogens is 3. The molecule has 0 aliphatic heterocycles. The fourth-order valence-electron chi connectivity index (χ4n) is 2.94. The monoisotopic (exact) mass is 527 g/mol. The second kappa shape index (κ2) is 13.2. The average molecular weight is 527 g/mol. The predicted octanol–water partition coefficient (Wildman–Crippen LogP) is 2.80. The number of halogens is 1. The first-order valence-corrected chi connectivity index (χ1v) is 10.2. The minimum Gasteiger partial charge on any atom is -0.356 e. The molecule has 1 aromatic heterocycles. The fourth-order valence-corrected chi connectivity index (χ4v) is 2.94. The van der Waals surface area contributed by atoms with Gasteiger partial charge in [0.2, 0.25) is 5.91 Å². The second-order valence-electron chi connectivity index (χ2n) is 6.91. The predicted molar refractivity (Wildman–Crippen MR) is 131 cm³/mol. The summed E-state index contributed by atoms with van der Waals surface area (Å²) in [5.74, 6) is 2.42. The van der Waals surface area contributed by atoms with Crippen LogP contribution in [0.3, 0.4) is 0 Å². The van der Waals surface area contributed by atoms with Crippen LogP contribution in [0, 0.1) is 6.92 Å². The van der Waals surface area contributed by atoms with Crippen LogP contribution >= 0.6 is 24.0 Å². The summed E-state index contributed by atoms with van der Waals surface area (Å²) in [6, 6.07) is 10.3. The van der Waals surface area contributed by atoms with Gasteiger partial charge in [0.15, 0.2) is 11.8 Å². The normalized spacial score (nSPS) is 12.1. The topological polar surface area (TPSA) is 87.4 Å². The summed E-state index contributed by atoms with van der Waals surface area (Å²) in [6.45, 7) is 10.4. The van der Waals surface area contributed by atoms with Gasteiger partial charge in [-0.25, -0.2) is 4.99 Å². The van der Waals surface area contributed by atoms with Gasteiger partial charge < -0.3 is 20.1 Å². The molecule has 0 spiro atoms. The number of guanidine groups is 1. The molecule has 2 N–H and O–H groups in total. The number of carbonyl (C=O) groups is 1. The molecule has 0 radical (unpaired) electrons. The number of rotatable bonds is 9. The van der Waals surface area contributed by atoms with Gasteiger partial charge in [-0.2, -0.15) is 0 Å². The van der Waals surface area contributed by atoms with Crippen LogP contribution < -0.4 is 10.6 Å². The molecular formula is C21H34IN7O. The first kappa shape index (κ1) is 25.9. The molecule has 9 heteroatoms. The molecule has 1 amide bonds. The van der Waals surface area contributed by atoms with E-state index in [0.29, 0.717) is 25.5 Å². The van der Waals surface area contributed by atoms with Crippen molar-refractivity contribution in [2.24, 2.45) is 12.0 Å². The number of aryl methyl sites for hydroxylation is 1. The van der Waals surface area contributed by atoms with E-state index in [0.717, 1.165) is 30.3 Å². The van der Waals surface area contributed by atoms with E-state index in [1.54, 1.807) is 0 Å². The largest absolute Gasteiger partial charge is 0.356 e. The van der Waals surface area contributed by atoms with Crippen LogP contribution in [0.25, 0.3) is 0 Å². The van der Waals surface area contributed by atoms with Gasteiger partial charge in [-0.15, -0.1) is 34.2 Å². The molecule has 8 nitrogen and oxygen atoms in total. The van der Waals surface area contributed by atoms with Gasteiger partial charge >= 0.3 is 0 Å². The van der Waals surface area contributed by atoms with Crippen molar-refractivity contribution in [1.82, 2.24) is 30.3 Å². The standard InChI is InChI=1S/C21H33N7O.HI/c1-6-28(7-2)20(29)13-14-22-21(23-15-19-26-25-17(4)27(19)5)24-16(3)18-11-9-8-10-12-18;/h8-12,16H,6-7,13-15H2,1-5H3,(H2,22,23,24);1H. The molecule has 0 saturated heterocycles. The van der Waals surface area contributed by atoms with E-state index in [9.17, 15) is 4.79 Å². The van der Waals surface area contributed by atoms with Crippen LogP contribution in [0.5, 0.6) is 0 Å². The Labute approximate surface area is 196 Å². The van der Waals surface area contributed by atoms with E-state index in [4.69, 9.17) is 0 Å². The minimum atomic E-state index is 0. The number of hydrogen-bond acceptors (Lipinski definition) is 4. The van der Waals surface area contributed by atoms with E-state index in [-0.39, 0.29) is 35.9 Å². The van der Waals surface area contributed by atoms with Crippen LogP contribution in [0.1, 0.15) is 50.4 Å². The smallest absolute Gasteiger partial charge is 0.224 e. The highest BCUT2D eigenvalue weighted by Crippen LogP contribution is 2.11. The molecular weight excluding hydrogens is 493 g/mol. The third-order valence-electron chi connectivity index (χ3n) is 4.96. The quantitative estimate of drug-likeness (QED) is 0.298.